The molecule has 3 heteroatoms. The number of fused-ring (bicyclic) bond motifs is 1. The first-order valence-corrected chi connectivity index (χ1v) is 10.8. The van der Waals surface area contributed by atoms with Gasteiger partial charge in [-0.05, 0) is 85.3 Å². The fourth-order valence-corrected chi connectivity index (χ4v) is 5.11. The normalized spacial score (nSPS) is 23.8. The zero-order valence-electron chi connectivity index (χ0n) is 16.9. The smallest absolute Gasteiger partial charge is 0.174 e. The summed E-state index contributed by atoms with van der Waals surface area (Å²) in [5, 5.41) is 0. The predicted octanol–water partition coefficient (Wildman–Crippen LogP) is 6.83. The molecule has 0 amide bonds. The maximum absolute atomic E-state index is 14.7. The molecule has 2 aromatic rings. The summed E-state index contributed by atoms with van der Waals surface area (Å²) < 4.78 is 41.8. The van der Waals surface area contributed by atoms with Crippen LogP contribution in [-0.2, 0) is 12.8 Å². The van der Waals surface area contributed by atoms with Gasteiger partial charge in [-0.15, -0.1) is 0 Å². The average Bonchev–Trinajstić information content (AvgIpc) is 2.74. The summed E-state index contributed by atoms with van der Waals surface area (Å²) in [7, 11) is 0. The highest BCUT2D eigenvalue weighted by Crippen LogP contribution is 2.40. The summed E-state index contributed by atoms with van der Waals surface area (Å²) in [5.74, 6) is 5.29. The molecule has 0 saturated heterocycles. The number of aryl methyl sites for hydroxylation is 1. The van der Waals surface area contributed by atoms with Crippen molar-refractivity contribution in [1.82, 2.24) is 0 Å². The fraction of sp³-hybridized carbons (Fsp3) is 0.462. The number of halogens is 3. The Kier molecular flexibility index (Phi) is 5.99. The Balaban J connectivity index is 1.50. The summed E-state index contributed by atoms with van der Waals surface area (Å²) >= 11 is 0. The van der Waals surface area contributed by atoms with Crippen LogP contribution in [0.1, 0.15) is 67.7 Å². The molecule has 0 radical (unpaired) electrons. The Morgan fingerprint density at radius 1 is 0.828 bits per heavy atom. The van der Waals surface area contributed by atoms with E-state index in [1.807, 2.05) is 0 Å². The van der Waals surface area contributed by atoms with Crippen LogP contribution in [0.3, 0.4) is 0 Å². The van der Waals surface area contributed by atoms with E-state index in [1.54, 1.807) is 12.1 Å². The number of benzene rings is 2. The van der Waals surface area contributed by atoms with E-state index in [0.717, 1.165) is 48.3 Å². The first-order chi connectivity index (χ1) is 14.0. The zero-order valence-corrected chi connectivity index (χ0v) is 16.9. The van der Waals surface area contributed by atoms with Crippen molar-refractivity contribution in [2.24, 2.45) is 17.8 Å². The molecule has 2 aliphatic carbocycles. The van der Waals surface area contributed by atoms with E-state index in [-0.39, 0.29) is 16.9 Å². The quantitative estimate of drug-likeness (QED) is 0.488. The van der Waals surface area contributed by atoms with Crippen molar-refractivity contribution in [3.05, 3.63) is 70.0 Å². The number of hydrogen-bond donors (Lipinski definition) is 0. The lowest BCUT2D eigenvalue weighted by Crippen LogP contribution is -2.26. The van der Waals surface area contributed by atoms with Crippen LogP contribution in [0.15, 0.2) is 30.3 Å². The minimum Gasteiger partial charge on any atom is -0.206 e. The number of hydrogen-bond acceptors (Lipinski definition) is 0. The minimum atomic E-state index is -0.987. The lowest BCUT2D eigenvalue weighted by atomic mass is 9.69. The molecular weight excluding hydrogens is 369 g/mol. The maximum Gasteiger partial charge on any atom is 0.174 e. The van der Waals surface area contributed by atoms with Gasteiger partial charge >= 0.3 is 0 Å². The summed E-state index contributed by atoms with van der Waals surface area (Å²) in [4.78, 5) is 0. The van der Waals surface area contributed by atoms with E-state index in [0.29, 0.717) is 5.92 Å². The second-order valence-corrected chi connectivity index (χ2v) is 8.64. The van der Waals surface area contributed by atoms with E-state index in [2.05, 4.69) is 18.8 Å². The molecule has 0 aliphatic heterocycles. The van der Waals surface area contributed by atoms with Gasteiger partial charge in [0.05, 0.1) is 11.1 Å². The molecule has 152 valence electrons. The summed E-state index contributed by atoms with van der Waals surface area (Å²) in [6.45, 7) is 2.29. The molecule has 2 aromatic carbocycles. The van der Waals surface area contributed by atoms with Gasteiger partial charge in [-0.2, -0.15) is 0 Å². The topological polar surface area (TPSA) is 0 Å². The van der Waals surface area contributed by atoms with Crippen LogP contribution in [0.5, 0.6) is 0 Å². The summed E-state index contributed by atoms with van der Waals surface area (Å²) in [6.07, 6.45) is 9.61. The lowest BCUT2D eigenvalue weighted by molar-refractivity contribution is 0.187. The summed E-state index contributed by atoms with van der Waals surface area (Å²) in [5.41, 5.74) is 2.45. The third-order valence-electron chi connectivity index (χ3n) is 6.97. The third-order valence-corrected chi connectivity index (χ3v) is 6.97. The monoisotopic (exact) mass is 396 g/mol. The van der Waals surface area contributed by atoms with Gasteiger partial charge in [-0.25, -0.2) is 13.2 Å². The molecule has 29 heavy (non-hydrogen) atoms. The molecule has 0 spiro atoms. The van der Waals surface area contributed by atoms with Gasteiger partial charge in [0, 0.05) is 0 Å². The lowest BCUT2D eigenvalue weighted by Gasteiger charge is -2.36. The van der Waals surface area contributed by atoms with Crippen molar-refractivity contribution >= 4 is 0 Å². The van der Waals surface area contributed by atoms with Crippen molar-refractivity contribution in [2.45, 2.75) is 58.3 Å². The van der Waals surface area contributed by atoms with Crippen molar-refractivity contribution < 1.29 is 13.2 Å². The average molecular weight is 396 g/mol. The van der Waals surface area contributed by atoms with E-state index in [9.17, 15) is 13.2 Å². The van der Waals surface area contributed by atoms with Crippen molar-refractivity contribution in [3.8, 4) is 11.8 Å². The molecule has 1 atom stereocenters. The molecule has 0 heterocycles. The van der Waals surface area contributed by atoms with Crippen LogP contribution in [-0.4, -0.2) is 0 Å². The Bertz CT molecular complexity index is 942. The molecule has 1 saturated carbocycles. The zero-order chi connectivity index (χ0) is 20.4. The SMILES string of the molecule is CCC1CCC(C2CCc3cc(C#Cc4cccc(F)c4F)c(F)cc3C2)CC1. The van der Waals surface area contributed by atoms with Gasteiger partial charge < -0.3 is 0 Å². The Hall–Kier alpha value is -2.21. The van der Waals surface area contributed by atoms with Crippen LogP contribution in [0.2, 0.25) is 0 Å². The van der Waals surface area contributed by atoms with Crippen molar-refractivity contribution in [2.75, 3.05) is 0 Å². The molecule has 1 unspecified atom stereocenters. The van der Waals surface area contributed by atoms with Crippen LogP contribution in [0, 0.1) is 47.0 Å². The Labute approximate surface area is 171 Å². The number of rotatable bonds is 2. The van der Waals surface area contributed by atoms with Crippen molar-refractivity contribution in [1.29, 1.82) is 0 Å². The van der Waals surface area contributed by atoms with Gasteiger partial charge in [0.25, 0.3) is 0 Å². The molecule has 0 bridgehead atoms. The first kappa shape index (κ1) is 20.1. The molecule has 0 nitrogen and oxygen atoms in total. The highest BCUT2D eigenvalue weighted by Gasteiger charge is 2.30. The third kappa shape index (κ3) is 4.37. The second kappa shape index (κ2) is 8.66. The van der Waals surface area contributed by atoms with E-state index in [4.69, 9.17) is 0 Å². The van der Waals surface area contributed by atoms with Gasteiger partial charge in [-0.1, -0.05) is 44.1 Å². The molecule has 1 fully saturated rings. The van der Waals surface area contributed by atoms with Crippen molar-refractivity contribution in [3.63, 3.8) is 0 Å². The Morgan fingerprint density at radius 2 is 1.59 bits per heavy atom. The first-order valence-electron chi connectivity index (χ1n) is 10.8. The molecule has 0 N–H and O–H groups in total. The van der Waals surface area contributed by atoms with Gasteiger partial charge in [-0.3, -0.25) is 0 Å². The summed E-state index contributed by atoms with van der Waals surface area (Å²) in [6, 6.07) is 7.27. The molecule has 0 aromatic heterocycles. The van der Waals surface area contributed by atoms with Gasteiger partial charge in [0.15, 0.2) is 11.6 Å². The van der Waals surface area contributed by atoms with Crippen LogP contribution < -0.4 is 0 Å². The van der Waals surface area contributed by atoms with E-state index in [1.165, 1.54) is 44.2 Å². The largest absolute Gasteiger partial charge is 0.206 e. The molecule has 4 rings (SSSR count). The van der Waals surface area contributed by atoms with E-state index >= 15 is 0 Å². The predicted molar refractivity (Wildman–Crippen MR) is 110 cm³/mol. The molecular formula is C26H27F3. The van der Waals surface area contributed by atoms with E-state index < -0.39 is 11.6 Å². The standard InChI is InChI=1S/C26H27F3/c1-2-17-6-8-18(9-7-17)20-11-12-21-14-22(25(28)16-23(21)15-20)13-10-19-4-3-5-24(27)26(19)29/h3-5,14,16-18,20H,2,6-9,11-12,15H2,1H3. The van der Waals surface area contributed by atoms with Gasteiger partial charge in [0.2, 0.25) is 0 Å². The van der Waals surface area contributed by atoms with Crippen LogP contribution in [0.4, 0.5) is 13.2 Å². The molecule has 2 aliphatic rings. The second-order valence-electron chi connectivity index (χ2n) is 8.64. The highest BCUT2D eigenvalue weighted by atomic mass is 19.2. The Morgan fingerprint density at radius 3 is 2.34 bits per heavy atom. The van der Waals surface area contributed by atoms with Crippen LogP contribution >= 0.6 is 0 Å². The minimum absolute atomic E-state index is 0.0510. The highest BCUT2D eigenvalue weighted by molar-refractivity contribution is 5.47. The maximum atomic E-state index is 14.7. The fourth-order valence-electron chi connectivity index (χ4n) is 5.11. The van der Waals surface area contributed by atoms with Gasteiger partial charge in [0.1, 0.15) is 5.82 Å². The van der Waals surface area contributed by atoms with Crippen LogP contribution in [0.25, 0.3) is 0 Å².